The van der Waals surface area contributed by atoms with E-state index in [4.69, 9.17) is 5.11 Å². The lowest BCUT2D eigenvalue weighted by atomic mass is 9.94. The molecule has 1 N–H and O–H groups in total. The fraction of sp³-hybridized carbons (Fsp3) is 0.857. The van der Waals surface area contributed by atoms with Gasteiger partial charge in [0, 0.05) is 39.1 Å². The second-order valence-corrected chi connectivity index (χ2v) is 5.95. The van der Waals surface area contributed by atoms with Crippen molar-refractivity contribution in [3.8, 4) is 0 Å². The van der Waals surface area contributed by atoms with Crippen molar-refractivity contribution in [1.29, 1.82) is 0 Å². The van der Waals surface area contributed by atoms with Crippen LogP contribution in [0.3, 0.4) is 0 Å². The maximum absolute atomic E-state index is 12.5. The van der Waals surface area contributed by atoms with Crippen LogP contribution in [0.5, 0.6) is 0 Å². The minimum atomic E-state index is -0.731. The van der Waals surface area contributed by atoms with Crippen LogP contribution in [0.4, 0.5) is 4.79 Å². The summed E-state index contributed by atoms with van der Waals surface area (Å²) in [7, 11) is 2.09. The van der Waals surface area contributed by atoms with Gasteiger partial charge in [0.1, 0.15) is 0 Å². The molecule has 0 saturated carbocycles. The van der Waals surface area contributed by atoms with Gasteiger partial charge in [-0.3, -0.25) is 4.79 Å². The standard InChI is InChI=1S/C14H25N3O3/c1-15-5-2-6-16(10-9-15)14(20)17-7-3-12(4-8-17)11-13(18)19/h12H,2-11H2,1H3,(H,18,19). The molecule has 2 heterocycles. The first-order valence-electron chi connectivity index (χ1n) is 7.50. The molecule has 0 atom stereocenters. The lowest BCUT2D eigenvalue weighted by Crippen LogP contribution is -2.47. The van der Waals surface area contributed by atoms with Crippen molar-refractivity contribution < 1.29 is 14.7 Å². The Labute approximate surface area is 120 Å². The Kier molecular flexibility index (Phi) is 5.23. The zero-order valence-electron chi connectivity index (χ0n) is 12.3. The summed E-state index contributed by atoms with van der Waals surface area (Å²) in [4.78, 5) is 29.3. The molecule has 2 fully saturated rings. The van der Waals surface area contributed by atoms with Crippen molar-refractivity contribution in [3.63, 3.8) is 0 Å². The molecule has 2 aliphatic rings. The van der Waals surface area contributed by atoms with Gasteiger partial charge in [-0.15, -0.1) is 0 Å². The minimum absolute atomic E-state index is 0.133. The Morgan fingerprint density at radius 1 is 1.00 bits per heavy atom. The first kappa shape index (κ1) is 15.1. The van der Waals surface area contributed by atoms with Crippen molar-refractivity contribution in [1.82, 2.24) is 14.7 Å². The molecule has 0 unspecified atom stereocenters. The first-order valence-corrected chi connectivity index (χ1v) is 7.50. The van der Waals surface area contributed by atoms with E-state index in [1.165, 1.54) is 0 Å². The van der Waals surface area contributed by atoms with Crippen molar-refractivity contribution in [2.24, 2.45) is 5.92 Å². The van der Waals surface area contributed by atoms with Gasteiger partial charge >= 0.3 is 12.0 Å². The predicted octanol–water partition coefficient (Wildman–Crippen LogP) is 0.931. The average molecular weight is 283 g/mol. The molecule has 0 bridgehead atoms. The van der Waals surface area contributed by atoms with Gasteiger partial charge in [0.15, 0.2) is 0 Å². The molecule has 2 saturated heterocycles. The van der Waals surface area contributed by atoms with Crippen LogP contribution in [0.25, 0.3) is 0 Å². The van der Waals surface area contributed by atoms with Crippen LogP contribution < -0.4 is 0 Å². The number of carbonyl (C=O) groups excluding carboxylic acids is 1. The van der Waals surface area contributed by atoms with Crippen LogP contribution in [0, 0.1) is 5.92 Å². The molecule has 114 valence electrons. The van der Waals surface area contributed by atoms with Crippen LogP contribution in [-0.2, 0) is 4.79 Å². The number of carboxylic acid groups (broad SMARTS) is 1. The summed E-state index contributed by atoms with van der Waals surface area (Å²) in [5, 5.41) is 8.81. The number of nitrogens with zero attached hydrogens (tertiary/aromatic N) is 3. The summed E-state index contributed by atoms with van der Waals surface area (Å²) in [6, 6.07) is 0.133. The Morgan fingerprint density at radius 2 is 1.65 bits per heavy atom. The SMILES string of the molecule is CN1CCCN(C(=O)N2CCC(CC(=O)O)CC2)CC1. The second-order valence-electron chi connectivity index (χ2n) is 5.95. The van der Waals surface area contributed by atoms with Crippen molar-refractivity contribution in [2.45, 2.75) is 25.7 Å². The summed E-state index contributed by atoms with van der Waals surface area (Å²) in [6.07, 6.45) is 2.88. The molecule has 0 aromatic rings. The quantitative estimate of drug-likeness (QED) is 0.819. The summed E-state index contributed by atoms with van der Waals surface area (Å²) >= 11 is 0. The van der Waals surface area contributed by atoms with E-state index in [1.807, 2.05) is 9.80 Å². The van der Waals surface area contributed by atoms with Gasteiger partial charge in [-0.05, 0) is 38.8 Å². The highest BCUT2D eigenvalue weighted by molar-refractivity contribution is 5.74. The molecule has 20 heavy (non-hydrogen) atoms. The molecule has 0 aromatic carbocycles. The number of hydrogen-bond acceptors (Lipinski definition) is 3. The monoisotopic (exact) mass is 283 g/mol. The largest absolute Gasteiger partial charge is 0.481 e. The lowest BCUT2D eigenvalue weighted by molar-refractivity contribution is -0.138. The summed E-state index contributed by atoms with van der Waals surface area (Å²) in [5.41, 5.74) is 0. The van der Waals surface area contributed by atoms with E-state index in [-0.39, 0.29) is 18.4 Å². The average Bonchev–Trinajstić information content (AvgIpc) is 2.63. The van der Waals surface area contributed by atoms with E-state index in [9.17, 15) is 9.59 Å². The molecule has 2 rings (SSSR count). The van der Waals surface area contributed by atoms with Crippen molar-refractivity contribution >= 4 is 12.0 Å². The number of amides is 2. The zero-order valence-corrected chi connectivity index (χ0v) is 12.3. The molecule has 0 spiro atoms. The number of carboxylic acids is 1. The third kappa shape index (κ3) is 4.10. The topological polar surface area (TPSA) is 64.1 Å². The molecular formula is C14H25N3O3. The van der Waals surface area contributed by atoms with Crippen molar-refractivity contribution in [2.75, 3.05) is 46.3 Å². The number of likely N-dealkylation sites (tertiary alicyclic amines) is 1. The third-order valence-corrected chi connectivity index (χ3v) is 4.34. The molecule has 6 nitrogen and oxygen atoms in total. The number of urea groups is 1. The van der Waals surface area contributed by atoms with Gasteiger partial charge in [-0.2, -0.15) is 0 Å². The van der Waals surface area contributed by atoms with Gasteiger partial charge in [0.25, 0.3) is 0 Å². The number of likely N-dealkylation sites (N-methyl/N-ethyl adjacent to an activating group) is 1. The minimum Gasteiger partial charge on any atom is -0.481 e. The summed E-state index contributed by atoms with van der Waals surface area (Å²) < 4.78 is 0. The molecule has 2 aliphatic heterocycles. The molecule has 6 heteroatoms. The van der Waals surface area contributed by atoms with E-state index in [0.29, 0.717) is 13.1 Å². The van der Waals surface area contributed by atoms with Crippen LogP contribution >= 0.6 is 0 Å². The fourth-order valence-electron chi connectivity index (χ4n) is 3.01. The smallest absolute Gasteiger partial charge is 0.320 e. The number of piperidine rings is 1. The van der Waals surface area contributed by atoms with E-state index < -0.39 is 5.97 Å². The molecule has 2 amide bonds. The van der Waals surface area contributed by atoms with Crippen LogP contribution in [0.1, 0.15) is 25.7 Å². The van der Waals surface area contributed by atoms with E-state index >= 15 is 0 Å². The lowest BCUT2D eigenvalue weighted by Gasteiger charge is -2.35. The zero-order chi connectivity index (χ0) is 14.5. The van der Waals surface area contributed by atoms with Crippen LogP contribution in [-0.4, -0.2) is 78.1 Å². The highest BCUT2D eigenvalue weighted by Crippen LogP contribution is 2.21. The second kappa shape index (κ2) is 6.92. The Balaban J connectivity index is 1.80. The van der Waals surface area contributed by atoms with E-state index in [1.54, 1.807) is 0 Å². The number of carbonyl (C=O) groups is 2. The van der Waals surface area contributed by atoms with Crippen LogP contribution in [0.15, 0.2) is 0 Å². The Bertz CT molecular complexity index is 354. The first-order chi connectivity index (χ1) is 9.56. The predicted molar refractivity (Wildman–Crippen MR) is 75.6 cm³/mol. The molecule has 0 aliphatic carbocycles. The molecular weight excluding hydrogens is 258 g/mol. The Morgan fingerprint density at radius 3 is 2.30 bits per heavy atom. The summed E-state index contributed by atoms with van der Waals surface area (Å²) in [5.74, 6) is -0.503. The number of rotatable bonds is 2. The van der Waals surface area contributed by atoms with Gasteiger partial charge < -0.3 is 19.8 Å². The maximum Gasteiger partial charge on any atom is 0.320 e. The normalized spacial score (nSPS) is 22.6. The Hall–Kier alpha value is -1.30. The van der Waals surface area contributed by atoms with E-state index in [0.717, 1.165) is 45.4 Å². The molecule has 0 aromatic heterocycles. The third-order valence-electron chi connectivity index (χ3n) is 4.34. The van der Waals surface area contributed by atoms with E-state index in [2.05, 4.69) is 11.9 Å². The van der Waals surface area contributed by atoms with Crippen molar-refractivity contribution in [3.05, 3.63) is 0 Å². The highest BCUT2D eigenvalue weighted by Gasteiger charge is 2.27. The number of aliphatic carboxylic acids is 1. The van der Waals surface area contributed by atoms with Gasteiger partial charge in [0.05, 0.1) is 0 Å². The van der Waals surface area contributed by atoms with Crippen LogP contribution in [0.2, 0.25) is 0 Å². The molecule has 0 radical (unpaired) electrons. The van der Waals surface area contributed by atoms with Gasteiger partial charge in [0.2, 0.25) is 0 Å². The summed E-state index contributed by atoms with van der Waals surface area (Å²) in [6.45, 7) is 5.00. The fourth-order valence-corrected chi connectivity index (χ4v) is 3.01. The maximum atomic E-state index is 12.5. The van der Waals surface area contributed by atoms with Gasteiger partial charge in [-0.25, -0.2) is 4.79 Å². The van der Waals surface area contributed by atoms with Gasteiger partial charge in [-0.1, -0.05) is 0 Å². The highest BCUT2D eigenvalue weighted by atomic mass is 16.4. The number of hydrogen-bond donors (Lipinski definition) is 1.